The Kier molecular flexibility index (Phi) is 4.49. The summed E-state index contributed by atoms with van der Waals surface area (Å²) in [6.45, 7) is 0. The zero-order chi connectivity index (χ0) is 19.0. The highest BCUT2D eigenvalue weighted by Crippen LogP contribution is 2.31. The van der Waals surface area contributed by atoms with Crippen molar-refractivity contribution in [3.63, 3.8) is 0 Å². The lowest BCUT2D eigenvalue weighted by Gasteiger charge is -2.12. The van der Waals surface area contributed by atoms with Gasteiger partial charge in [0.1, 0.15) is 11.3 Å². The van der Waals surface area contributed by atoms with Gasteiger partial charge in [0.25, 0.3) is 0 Å². The molecule has 8 heteroatoms. The molecular formula is C19H10BrF3N4. The molecule has 134 valence electrons. The first-order valence-electron chi connectivity index (χ1n) is 7.80. The van der Waals surface area contributed by atoms with Gasteiger partial charge in [-0.05, 0) is 36.4 Å². The summed E-state index contributed by atoms with van der Waals surface area (Å²) < 4.78 is 41.7. The SMILES string of the molecule is Fc1ccc(Nc2nc(-c3cccnc3)nc3c(F)cc(Br)cc23)cc1F. The molecule has 1 N–H and O–H groups in total. The first-order valence-corrected chi connectivity index (χ1v) is 8.60. The number of halogens is 4. The maximum Gasteiger partial charge on any atom is 0.163 e. The summed E-state index contributed by atoms with van der Waals surface area (Å²) >= 11 is 3.24. The lowest BCUT2D eigenvalue weighted by molar-refractivity contribution is 0.509. The van der Waals surface area contributed by atoms with Crippen LogP contribution >= 0.6 is 15.9 Å². The molecule has 2 aromatic carbocycles. The molecule has 0 spiro atoms. The third-order valence-corrected chi connectivity index (χ3v) is 4.28. The standard InChI is InChI=1S/C19H10BrF3N4/c20-11-6-13-17(16(23)7-11)26-18(10-2-1-5-24-9-10)27-19(13)25-12-3-4-14(21)15(22)8-12/h1-9H,(H,25,26,27). The van der Waals surface area contributed by atoms with Gasteiger partial charge in [0, 0.05) is 39.6 Å². The summed E-state index contributed by atoms with van der Waals surface area (Å²) in [4.78, 5) is 12.8. The topological polar surface area (TPSA) is 50.7 Å². The van der Waals surface area contributed by atoms with Crippen LogP contribution in [0.15, 0.2) is 59.3 Å². The second kappa shape index (κ2) is 6.96. The highest BCUT2D eigenvalue weighted by atomic mass is 79.9. The van der Waals surface area contributed by atoms with Gasteiger partial charge in [0.05, 0.1) is 0 Å². The molecule has 0 aliphatic rings. The number of fused-ring (bicyclic) bond motifs is 1. The first-order chi connectivity index (χ1) is 13.0. The fraction of sp³-hybridized carbons (Fsp3) is 0. The normalized spacial score (nSPS) is 11.0. The van der Waals surface area contributed by atoms with Gasteiger partial charge in [0.2, 0.25) is 0 Å². The van der Waals surface area contributed by atoms with E-state index in [0.29, 0.717) is 15.4 Å². The number of nitrogens with zero attached hydrogens (tertiary/aromatic N) is 3. The van der Waals surface area contributed by atoms with Crippen LogP contribution in [0.1, 0.15) is 0 Å². The monoisotopic (exact) mass is 430 g/mol. The van der Waals surface area contributed by atoms with Crippen LogP contribution < -0.4 is 5.32 Å². The van der Waals surface area contributed by atoms with E-state index in [1.807, 2.05) is 0 Å². The summed E-state index contributed by atoms with van der Waals surface area (Å²) in [6.07, 6.45) is 3.15. The van der Waals surface area contributed by atoms with Gasteiger partial charge < -0.3 is 5.32 Å². The average Bonchev–Trinajstić information content (AvgIpc) is 2.66. The van der Waals surface area contributed by atoms with Crippen molar-refractivity contribution in [2.75, 3.05) is 5.32 Å². The number of aromatic nitrogens is 3. The molecule has 0 atom stereocenters. The van der Waals surface area contributed by atoms with Crippen molar-refractivity contribution >= 4 is 38.3 Å². The van der Waals surface area contributed by atoms with Crippen LogP contribution in [0, 0.1) is 17.5 Å². The zero-order valence-electron chi connectivity index (χ0n) is 13.5. The Morgan fingerprint density at radius 2 is 1.74 bits per heavy atom. The molecule has 2 aromatic heterocycles. The first kappa shape index (κ1) is 17.4. The second-order valence-electron chi connectivity index (χ2n) is 5.68. The zero-order valence-corrected chi connectivity index (χ0v) is 15.1. The number of pyridine rings is 1. The van der Waals surface area contributed by atoms with Crippen LogP contribution in [0.3, 0.4) is 0 Å². The van der Waals surface area contributed by atoms with Crippen molar-refractivity contribution in [3.05, 3.63) is 76.8 Å². The van der Waals surface area contributed by atoms with E-state index in [2.05, 4.69) is 36.2 Å². The molecule has 0 amide bonds. The molecule has 4 nitrogen and oxygen atoms in total. The summed E-state index contributed by atoms with van der Waals surface area (Å²) in [5.41, 5.74) is 0.957. The van der Waals surface area contributed by atoms with Crippen LogP contribution in [0.5, 0.6) is 0 Å². The van der Waals surface area contributed by atoms with Gasteiger partial charge in [-0.2, -0.15) is 0 Å². The van der Waals surface area contributed by atoms with E-state index in [-0.39, 0.29) is 22.8 Å². The third kappa shape index (κ3) is 3.48. The fourth-order valence-electron chi connectivity index (χ4n) is 2.59. The quantitative estimate of drug-likeness (QED) is 0.458. The minimum absolute atomic E-state index is 0.0946. The van der Waals surface area contributed by atoms with Crippen molar-refractivity contribution < 1.29 is 13.2 Å². The molecule has 0 unspecified atom stereocenters. The van der Waals surface area contributed by atoms with E-state index in [9.17, 15) is 13.2 Å². The van der Waals surface area contributed by atoms with Crippen molar-refractivity contribution in [3.8, 4) is 11.4 Å². The molecular weight excluding hydrogens is 421 g/mol. The van der Waals surface area contributed by atoms with Gasteiger partial charge in [-0.25, -0.2) is 23.1 Å². The largest absolute Gasteiger partial charge is 0.340 e. The summed E-state index contributed by atoms with van der Waals surface area (Å²) in [6, 6.07) is 9.76. The maximum atomic E-state index is 14.5. The number of anilines is 2. The minimum Gasteiger partial charge on any atom is -0.340 e. The smallest absolute Gasteiger partial charge is 0.163 e. The van der Waals surface area contributed by atoms with E-state index < -0.39 is 17.5 Å². The predicted molar refractivity (Wildman–Crippen MR) is 100 cm³/mol. The average molecular weight is 431 g/mol. The number of hydrogen-bond donors (Lipinski definition) is 1. The van der Waals surface area contributed by atoms with Gasteiger partial charge in [0.15, 0.2) is 23.3 Å². The van der Waals surface area contributed by atoms with Crippen LogP contribution in [-0.2, 0) is 0 Å². The van der Waals surface area contributed by atoms with E-state index in [4.69, 9.17) is 0 Å². The number of benzene rings is 2. The van der Waals surface area contributed by atoms with E-state index >= 15 is 0 Å². The third-order valence-electron chi connectivity index (χ3n) is 3.82. The molecule has 0 saturated carbocycles. The van der Waals surface area contributed by atoms with Crippen molar-refractivity contribution in [1.29, 1.82) is 0 Å². The maximum absolute atomic E-state index is 14.5. The molecule has 0 fully saturated rings. The Morgan fingerprint density at radius 1 is 0.889 bits per heavy atom. The molecule has 0 saturated heterocycles. The number of nitrogens with one attached hydrogen (secondary N) is 1. The Balaban J connectivity index is 1.92. The number of rotatable bonds is 3. The molecule has 27 heavy (non-hydrogen) atoms. The van der Waals surface area contributed by atoms with Gasteiger partial charge in [-0.3, -0.25) is 4.98 Å². The van der Waals surface area contributed by atoms with E-state index in [0.717, 1.165) is 12.1 Å². The summed E-state index contributed by atoms with van der Waals surface area (Å²) in [5, 5.41) is 3.30. The Labute approximate surface area is 160 Å². The molecule has 0 bridgehead atoms. The highest BCUT2D eigenvalue weighted by molar-refractivity contribution is 9.10. The minimum atomic E-state index is -1.00. The number of hydrogen-bond acceptors (Lipinski definition) is 4. The van der Waals surface area contributed by atoms with Crippen molar-refractivity contribution in [2.24, 2.45) is 0 Å². The van der Waals surface area contributed by atoms with E-state index in [1.165, 1.54) is 12.1 Å². The van der Waals surface area contributed by atoms with E-state index in [1.54, 1.807) is 30.6 Å². The van der Waals surface area contributed by atoms with Crippen LogP contribution in [-0.4, -0.2) is 15.0 Å². The summed E-state index contributed by atoms with van der Waals surface area (Å²) in [7, 11) is 0. The molecule has 4 aromatic rings. The highest BCUT2D eigenvalue weighted by Gasteiger charge is 2.15. The van der Waals surface area contributed by atoms with Gasteiger partial charge in [-0.15, -0.1) is 0 Å². The fourth-order valence-corrected chi connectivity index (χ4v) is 3.02. The Morgan fingerprint density at radius 3 is 2.48 bits per heavy atom. The van der Waals surface area contributed by atoms with Gasteiger partial charge in [-0.1, -0.05) is 15.9 Å². The second-order valence-corrected chi connectivity index (χ2v) is 6.59. The predicted octanol–water partition coefficient (Wildman–Crippen LogP) is 5.62. The molecule has 0 aliphatic carbocycles. The summed E-state index contributed by atoms with van der Waals surface area (Å²) in [5.74, 6) is -2.00. The Hall–Kier alpha value is -3.00. The van der Waals surface area contributed by atoms with Crippen LogP contribution in [0.2, 0.25) is 0 Å². The molecule has 4 rings (SSSR count). The Bertz CT molecular complexity index is 1150. The lowest BCUT2D eigenvalue weighted by atomic mass is 10.2. The van der Waals surface area contributed by atoms with Crippen LogP contribution in [0.4, 0.5) is 24.7 Å². The molecule has 2 heterocycles. The lowest BCUT2D eigenvalue weighted by Crippen LogP contribution is -2.01. The van der Waals surface area contributed by atoms with Crippen molar-refractivity contribution in [1.82, 2.24) is 15.0 Å². The van der Waals surface area contributed by atoms with Gasteiger partial charge >= 0.3 is 0 Å². The molecule has 0 radical (unpaired) electrons. The van der Waals surface area contributed by atoms with Crippen LogP contribution in [0.25, 0.3) is 22.3 Å². The molecule has 0 aliphatic heterocycles. The van der Waals surface area contributed by atoms with Crippen molar-refractivity contribution in [2.45, 2.75) is 0 Å².